The molecule has 0 aliphatic carbocycles. The fourth-order valence-corrected chi connectivity index (χ4v) is 2.42. The summed E-state index contributed by atoms with van der Waals surface area (Å²) in [7, 11) is 0. The summed E-state index contributed by atoms with van der Waals surface area (Å²) >= 11 is 0. The van der Waals surface area contributed by atoms with Crippen LogP contribution in [0.15, 0.2) is 22.9 Å². The van der Waals surface area contributed by atoms with Crippen molar-refractivity contribution in [2.45, 2.75) is 25.8 Å². The van der Waals surface area contributed by atoms with Gasteiger partial charge in [-0.15, -0.1) is 0 Å². The number of rotatable bonds is 3. The highest BCUT2D eigenvalue weighted by molar-refractivity contribution is 5.55. The van der Waals surface area contributed by atoms with Gasteiger partial charge >= 0.3 is 0 Å². The molecule has 2 aromatic heterocycles. The summed E-state index contributed by atoms with van der Waals surface area (Å²) < 4.78 is 5.10. The van der Waals surface area contributed by atoms with Crippen LogP contribution in [0.4, 0.5) is 5.82 Å². The molecule has 0 saturated carbocycles. The Labute approximate surface area is 111 Å². The molecule has 3 heterocycles. The van der Waals surface area contributed by atoms with Crippen LogP contribution < -0.4 is 4.90 Å². The van der Waals surface area contributed by atoms with Crippen LogP contribution in [-0.4, -0.2) is 39.4 Å². The van der Waals surface area contributed by atoms with Crippen molar-refractivity contribution in [3.63, 3.8) is 0 Å². The average Bonchev–Trinajstić information content (AvgIpc) is 3.07. The van der Waals surface area contributed by atoms with Gasteiger partial charge in [-0.1, -0.05) is 5.16 Å². The lowest BCUT2D eigenvalue weighted by atomic mass is 10.2. The predicted octanol–water partition coefficient (Wildman–Crippen LogP) is 1.40. The molecule has 1 fully saturated rings. The molecule has 6 heteroatoms. The number of aromatic nitrogens is 3. The molecule has 19 heavy (non-hydrogen) atoms. The lowest BCUT2D eigenvalue weighted by Gasteiger charge is -2.23. The number of pyridine rings is 1. The van der Waals surface area contributed by atoms with Crippen molar-refractivity contribution >= 4 is 5.82 Å². The van der Waals surface area contributed by atoms with Crippen LogP contribution in [0.3, 0.4) is 0 Å². The highest BCUT2D eigenvalue weighted by atomic mass is 16.5. The molecule has 1 aliphatic rings. The van der Waals surface area contributed by atoms with Crippen LogP contribution in [0.1, 0.15) is 18.7 Å². The molecule has 1 N–H and O–H groups in total. The van der Waals surface area contributed by atoms with E-state index in [2.05, 4.69) is 20.0 Å². The molecular weight excluding hydrogens is 244 g/mol. The monoisotopic (exact) mass is 260 g/mol. The maximum atomic E-state index is 9.33. The van der Waals surface area contributed by atoms with E-state index in [9.17, 15) is 5.11 Å². The number of anilines is 1. The Balaban J connectivity index is 1.82. The molecule has 6 nitrogen and oxygen atoms in total. The lowest BCUT2D eigenvalue weighted by Crippen LogP contribution is -2.32. The standard InChI is InChI=1S/C13H16N4O2/c1-9-15-13(19-16-9)10-4-5-12(14-7-10)17-6-2-3-11(17)8-18/h4-5,7,11,18H,2-3,6,8H2,1H3/t11-/m0/s1. The van der Waals surface area contributed by atoms with Crippen molar-refractivity contribution in [1.29, 1.82) is 0 Å². The Morgan fingerprint density at radius 1 is 1.47 bits per heavy atom. The fourth-order valence-electron chi connectivity index (χ4n) is 2.42. The van der Waals surface area contributed by atoms with Gasteiger partial charge in [-0.3, -0.25) is 0 Å². The van der Waals surface area contributed by atoms with Crippen LogP contribution >= 0.6 is 0 Å². The van der Waals surface area contributed by atoms with E-state index in [1.807, 2.05) is 12.1 Å². The van der Waals surface area contributed by atoms with Crippen molar-refractivity contribution in [3.8, 4) is 11.5 Å². The third-order valence-electron chi connectivity index (χ3n) is 3.40. The van der Waals surface area contributed by atoms with Gasteiger partial charge in [0.2, 0.25) is 0 Å². The highest BCUT2D eigenvalue weighted by Crippen LogP contribution is 2.25. The highest BCUT2D eigenvalue weighted by Gasteiger charge is 2.24. The summed E-state index contributed by atoms with van der Waals surface area (Å²) in [6.45, 7) is 2.90. The number of hydrogen-bond donors (Lipinski definition) is 1. The molecule has 0 unspecified atom stereocenters. The van der Waals surface area contributed by atoms with E-state index in [1.54, 1.807) is 13.1 Å². The summed E-state index contributed by atoms with van der Waals surface area (Å²) in [5.74, 6) is 1.98. The van der Waals surface area contributed by atoms with Crippen LogP contribution in [0.25, 0.3) is 11.5 Å². The molecule has 0 bridgehead atoms. The molecule has 0 radical (unpaired) electrons. The Morgan fingerprint density at radius 2 is 2.37 bits per heavy atom. The minimum atomic E-state index is 0.173. The zero-order valence-electron chi connectivity index (χ0n) is 10.8. The van der Waals surface area contributed by atoms with Crippen molar-refractivity contribution in [1.82, 2.24) is 15.1 Å². The average molecular weight is 260 g/mol. The van der Waals surface area contributed by atoms with Crippen molar-refractivity contribution in [2.75, 3.05) is 18.1 Å². The second kappa shape index (κ2) is 4.97. The molecule has 0 amide bonds. The van der Waals surface area contributed by atoms with Gasteiger partial charge in [0.1, 0.15) is 5.82 Å². The SMILES string of the molecule is Cc1noc(-c2ccc(N3CCC[C@H]3CO)nc2)n1. The molecule has 1 aliphatic heterocycles. The second-order valence-electron chi connectivity index (χ2n) is 4.72. The number of aliphatic hydroxyl groups excluding tert-OH is 1. The van der Waals surface area contributed by atoms with Gasteiger partial charge in [-0.25, -0.2) is 4.98 Å². The van der Waals surface area contributed by atoms with Crippen LogP contribution in [-0.2, 0) is 0 Å². The summed E-state index contributed by atoms with van der Waals surface area (Å²) in [5.41, 5.74) is 0.809. The van der Waals surface area contributed by atoms with E-state index in [0.717, 1.165) is 30.8 Å². The van der Waals surface area contributed by atoms with Crippen molar-refractivity contribution < 1.29 is 9.63 Å². The zero-order valence-corrected chi connectivity index (χ0v) is 10.8. The Kier molecular flexibility index (Phi) is 3.16. The topological polar surface area (TPSA) is 75.3 Å². The second-order valence-corrected chi connectivity index (χ2v) is 4.72. The van der Waals surface area contributed by atoms with E-state index in [-0.39, 0.29) is 12.6 Å². The minimum Gasteiger partial charge on any atom is -0.394 e. The molecule has 3 rings (SSSR count). The lowest BCUT2D eigenvalue weighted by molar-refractivity contribution is 0.266. The Hall–Kier alpha value is -1.95. The van der Waals surface area contributed by atoms with Crippen LogP contribution in [0.5, 0.6) is 0 Å². The summed E-state index contributed by atoms with van der Waals surface area (Å²) in [5, 5.41) is 13.1. The van der Waals surface area contributed by atoms with E-state index in [0.29, 0.717) is 11.7 Å². The summed E-state index contributed by atoms with van der Waals surface area (Å²) in [4.78, 5) is 10.7. The van der Waals surface area contributed by atoms with Gasteiger partial charge in [-0.05, 0) is 31.9 Å². The largest absolute Gasteiger partial charge is 0.394 e. The van der Waals surface area contributed by atoms with Gasteiger partial charge in [0.15, 0.2) is 5.82 Å². The third kappa shape index (κ3) is 2.31. The Morgan fingerprint density at radius 3 is 3.00 bits per heavy atom. The van der Waals surface area contributed by atoms with E-state index < -0.39 is 0 Å². The molecular formula is C13H16N4O2. The third-order valence-corrected chi connectivity index (χ3v) is 3.40. The predicted molar refractivity (Wildman–Crippen MR) is 69.7 cm³/mol. The normalized spacial score (nSPS) is 19.1. The van der Waals surface area contributed by atoms with Gasteiger partial charge in [0, 0.05) is 12.7 Å². The molecule has 2 aromatic rings. The van der Waals surface area contributed by atoms with Gasteiger partial charge in [0.05, 0.1) is 18.2 Å². The molecule has 100 valence electrons. The minimum absolute atomic E-state index is 0.173. The zero-order chi connectivity index (χ0) is 13.2. The number of aliphatic hydroxyl groups is 1. The number of nitrogens with zero attached hydrogens (tertiary/aromatic N) is 4. The fraction of sp³-hybridized carbons (Fsp3) is 0.462. The number of hydrogen-bond acceptors (Lipinski definition) is 6. The van der Waals surface area contributed by atoms with Crippen LogP contribution in [0.2, 0.25) is 0 Å². The smallest absolute Gasteiger partial charge is 0.259 e. The first-order valence-electron chi connectivity index (χ1n) is 6.42. The maximum Gasteiger partial charge on any atom is 0.259 e. The first kappa shape index (κ1) is 12.1. The van der Waals surface area contributed by atoms with E-state index >= 15 is 0 Å². The first-order valence-corrected chi connectivity index (χ1v) is 6.42. The first-order chi connectivity index (χ1) is 9.28. The van der Waals surface area contributed by atoms with Gasteiger partial charge in [-0.2, -0.15) is 4.98 Å². The Bertz CT molecular complexity index is 552. The molecule has 1 saturated heterocycles. The van der Waals surface area contributed by atoms with Crippen molar-refractivity contribution in [2.24, 2.45) is 0 Å². The summed E-state index contributed by atoms with van der Waals surface area (Å²) in [6, 6.07) is 4.04. The molecule has 1 atom stereocenters. The summed E-state index contributed by atoms with van der Waals surface area (Å²) in [6.07, 6.45) is 3.84. The van der Waals surface area contributed by atoms with Crippen LogP contribution in [0, 0.1) is 6.92 Å². The molecule has 0 spiro atoms. The van der Waals surface area contributed by atoms with E-state index in [4.69, 9.17) is 4.52 Å². The van der Waals surface area contributed by atoms with Gasteiger partial charge < -0.3 is 14.5 Å². The van der Waals surface area contributed by atoms with Crippen molar-refractivity contribution in [3.05, 3.63) is 24.2 Å². The van der Waals surface area contributed by atoms with E-state index in [1.165, 1.54) is 0 Å². The molecule has 0 aromatic carbocycles. The quantitative estimate of drug-likeness (QED) is 0.899. The maximum absolute atomic E-state index is 9.33. The number of aryl methyl sites for hydroxylation is 1. The van der Waals surface area contributed by atoms with Gasteiger partial charge in [0.25, 0.3) is 5.89 Å².